The van der Waals surface area contributed by atoms with E-state index in [0.29, 0.717) is 6.54 Å². The van der Waals surface area contributed by atoms with Crippen LogP contribution >= 0.6 is 22.9 Å². The van der Waals surface area contributed by atoms with Gasteiger partial charge in [0.15, 0.2) is 11.0 Å². The molecule has 0 aliphatic heterocycles. The Hall–Kier alpha value is -1.33. The zero-order valence-electron chi connectivity index (χ0n) is 7.57. The second-order valence-corrected chi connectivity index (χ2v) is 3.86. The molecule has 1 N–H and O–H groups in total. The summed E-state index contributed by atoms with van der Waals surface area (Å²) >= 11 is 7.03. The van der Waals surface area contributed by atoms with Crippen molar-refractivity contribution in [2.75, 3.05) is 0 Å². The maximum Gasteiger partial charge on any atom is 0.287 e. The van der Waals surface area contributed by atoms with Crippen molar-refractivity contribution < 1.29 is 9.21 Å². The number of carbonyl (C=O) groups is 1. The van der Waals surface area contributed by atoms with Crippen molar-refractivity contribution in [1.29, 1.82) is 0 Å². The average molecular weight is 243 g/mol. The molecule has 2 heterocycles. The fourth-order valence-corrected chi connectivity index (χ4v) is 1.72. The first-order chi connectivity index (χ1) is 7.25. The van der Waals surface area contributed by atoms with E-state index in [1.165, 1.54) is 23.5 Å². The second-order valence-electron chi connectivity index (χ2n) is 2.77. The van der Waals surface area contributed by atoms with Crippen molar-refractivity contribution in [2.24, 2.45) is 0 Å². The summed E-state index contributed by atoms with van der Waals surface area (Å²) in [7, 11) is 0. The van der Waals surface area contributed by atoms with E-state index >= 15 is 0 Å². The molecule has 2 aromatic heterocycles. The highest BCUT2D eigenvalue weighted by molar-refractivity contribution is 7.07. The number of halogens is 1. The topological polar surface area (TPSA) is 55.1 Å². The molecule has 15 heavy (non-hydrogen) atoms. The fraction of sp³-hybridized carbons (Fsp3) is 0.111. The quantitative estimate of drug-likeness (QED) is 0.899. The Morgan fingerprint density at radius 1 is 1.60 bits per heavy atom. The molecule has 0 bridgehead atoms. The lowest BCUT2D eigenvalue weighted by Crippen LogP contribution is -2.22. The van der Waals surface area contributed by atoms with Crippen molar-refractivity contribution in [2.45, 2.75) is 6.54 Å². The summed E-state index contributed by atoms with van der Waals surface area (Å²) in [5.74, 6) is -0.0925. The molecule has 0 aromatic carbocycles. The SMILES string of the molecule is O=C(NCc1cscn1)c1ccc(Cl)o1. The van der Waals surface area contributed by atoms with E-state index < -0.39 is 0 Å². The van der Waals surface area contributed by atoms with Gasteiger partial charge < -0.3 is 9.73 Å². The van der Waals surface area contributed by atoms with Gasteiger partial charge in [0.25, 0.3) is 5.91 Å². The minimum atomic E-state index is -0.296. The molecule has 0 fully saturated rings. The summed E-state index contributed by atoms with van der Waals surface area (Å²) in [5, 5.41) is 4.74. The van der Waals surface area contributed by atoms with Crippen LogP contribution < -0.4 is 5.32 Å². The number of amides is 1. The molecule has 0 radical (unpaired) electrons. The lowest BCUT2D eigenvalue weighted by molar-refractivity contribution is 0.0923. The van der Waals surface area contributed by atoms with Gasteiger partial charge in [-0.05, 0) is 23.7 Å². The van der Waals surface area contributed by atoms with Crippen LogP contribution in [0.3, 0.4) is 0 Å². The predicted octanol–water partition coefficient (Wildman–Crippen LogP) is 2.32. The Bertz CT molecular complexity index is 452. The van der Waals surface area contributed by atoms with Gasteiger partial charge in [0.2, 0.25) is 0 Å². The minimum absolute atomic E-state index is 0.203. The number of hydrogen-bond acceptors (Lipinski definition) is 4. The molecule has 0 saturated carbocycles. The van der Waals surface area contributed by atoms with Crippen LogP contribution in [0.2, 0.25) is 5.22 Å². The molecule has 0 aliphatic rings. The minimum Gasteiger partial charge on any atom is -0.440 e. The number of aromatic nitrogens is 1. The van der Waals surface area contributed by atoms with Crippen LogP contribution in [0.5, 0.6) is 0 Å². The van der Waals surface area contributed by atoms with Crippen molar-refractivity contribution in [1.82, 2.24) is 10.3 Å². The van der Waals surface area contributed by atoms with Crippen LogP contribution in [0.25, 0.3) is 0 Å². The lowest BCUT2D eigenvalue weighted by Gasteiger charge is -1.99. The first-order valence-electron chi connectivity index (χ1n) is 4.16. The van der Waals surface area contributed by atoms with E-state index in [9.17, 15) is 4.79 Å². The van der Waals surface area contributed by atoms with E-state index in [-0.39, 0.29) is 16.9 Å². The monoisotopic (exact) mass is 242 g/mol. The van der Waals surface area contributed by atoms with Crippen LogP contribution in [0, 0.1) is 0 Å². The Morgan fingerprint density at radius 3 is 3.07 bits per heavy atom. The summed E-state index contributed by atoms with van der Waals surface area (Å²) in [6.07, 6.45) is 0. The van der Waals surface area contributed by atoms with Gasteiger partial charge in [-0.25, -0.2) is 4.98 Å². The van der Waals surface area contributed by atoms with Gasteiger partial charge in [0, 0.05) is 5.38 Å². The summed E-state index contributed by atoms with van der Waals surface area (Å²) in [6, 6.07) is 3.05. The Balaban J connectivity index is 1.93. The average Bonchev–Trinajstić information content (AvgIpc) is 2.84. The van der Waals surface area contributed by atoms with E-state index in [4.69, 9.17) is 16.0 Å². The van der Waals surface area contributed by atoms with Crippen molar-refractivity contribution in [3.8, 4) is 0 Å². The smallest absolute Gasteiger partial charge is 0.287 e. The highest BCUT2D eigenvalue weighted by Crippen LogP contribution is 2.12. The van der Waals surface area contributed by atoms with Gasteiger partial charge in [0.1, 0.15) is 0 Å². The molecule has 4 nitrogen and oxygen atoms in total. The Labute approximate surface area is 94.9 Å². The molecule has 78 valence electrons. The van der Waals surface area contributed by atoms with E-state index in [0.717, 1.165) is 5.69 Å². The summed E-state index contributed by atoms with van der Waals surface area (Å²) in [5.41, 5.74) is 2.54. The van der Waals surface area contributed by atoms with E-state index in [1.807, 2.05) is 5.38 Å². The third-order valence-electron chi connectivity index (χ3n) is 1.71. The summed E-state index contributed by atoms with van der Waals surface area (Å²) < 4.78 is 4.95. The molecule has 2 aromatic rings. The number of rotatable bonds is 3. The van der Waals surface area contributed by atoms with Crippen LogP contribution in [0.1, 0.15) is 16.2 Å². The van der Waals surface area contributed by atoms with E-state index in [1.54, 1.807) is 5.51 Å². The highest BCUT2D eigenvalue weighted by atomic mass is 35.5. The first kappa shape index (κ1) is 10.2. The standard InChI is InChI=1S/C9H7ClN2O2S/c10-8-2-1-7(14-8)9(13)11-3-6-4-15-5-12-6/h1-2,4-5H,3H2,(H,11,13). The van der Waals surface area contributed by atoms with Gasteiger partial charge in [-0.15, -0.1) is 11.3 Å². The van der Waals surface area contributed by atoms with Crippen molar-refractivity contribution in [3.63, 3.8) is 0 Å². The third kappa shape index (κ3) is 2.57. The van der Waals surface area contributed by atoms with Crippen molar-refractivity contribution >= 4 is 28.8 Å². The van der Waals surface area contributed by atoms with Gasteiger partial charge in [-0.1, -0.05) is 0 Å². The number of thiazole rings is 1. The molecular weight excluding hydrogens is 236 g/mol. The van der Waals surface area contributed by atoms with Crippen LogP contribution in [-0.4, -0.2) is 10.9 Å². The molecule has 0 unspecified atom stereocenters. The number of nitrogens with zero attached hydrogens (tertiary/aromatic N) is 1. The molecular formula is C9H7ClN2O2S. The number of hydrogen-bond donors (Lipinski definition) is 1. The fourth-order valence-electron chi connectivity index (χ4n) is 1.02. The Morgan fingerprint density at radius 2 is 2.47 bits per heavy atom. The van der Waals surface area contributed by atoms with Gasteiger partial charge in [-0.3, -0.25) is 4.79 Å². The zero-order chi connectivity index (χ0) is 10.7. The number of carbonyl (C=O) groups excluding carboxylic acids is 1. The summed E-state index contributed by atoms with van der Waals surface area (Å²) in [4.78, 5) is 15.5. The molecule has 0 atom stereocenters. The van der Waals surface area contributed by atoms with Crippen molar-refractivity contribution in [3.05, 3.63) is 39.7 Å². The lowest BCUT2D eigenvalue weighted by atomic mass is 10.4. The van der Waals surface area contributed by atoms with Gasteiger partial charge in [0.05, 0.1) is 17.7 Å². The third-order valence-corrected chi connectivity index (χ3v) is 2.55. The predicted molar refractivity (Wildman–Crippen MR) is 57.0 cm³/mol. The number of furan rings is 1. The highest BCUT2D eigenvalue weighted by Gasteiger charge is 2.09. The largest absolute Gasteiger partial charge is 0.440 e. The molecule has 0 saturated heterocycles. The maximum absolute atomic E-state index is 11.5. The summed E-state index contributed by atoms with van der Waals surface area (Å²) in [6.45, 7) is 0.390. The molecule has 6 heteroatoms. The number of nitrogens with one attached hydrogen (secondary N) is 1. The van der Waals surface area contributed by atoms with Crippen LogP contribution in [-0.2, 0) is 6.54 Å². The second kappa shape index (κ2) is 4.46. The maximum atomic E-state index is 11.5. The van der Waals surface area contributed by atoms with Gasteiger partial charge >= 0.3 is 0 Å². The normalized spacial score (nSPS) is 10.2. The van der Waals surface area contributed by atoms with E-state index in [2.05, 4.69) is 10.3 Å². The first-order valence-corrected chi connectivity index (χ1v) is 5.48. The molecule has 1 amide bonds. The molecule has 2 rings (SSSR count). The van der Waals surface area contributed by atoms with Gasteiger partial charge in [-0.2, -0.15) is 0 Å². The molecule has 0 aliphatic carbocycles. The zero-order valence-corrected chi connectivity index (χ0v) is 9.14. The van der Waals surface area contributed by atoms with Crippen LogP contribution in [0.15, 0.2) is 27.4 Å². The molecule has 0 spiro atoms. The van der Waals surface area contributed by atoms with Crippen LogP contribution in [0.4, 0.5) is 0 Å². The Kier molecular flexibility index (Phi) is 3.03.